The number of halogens is 1. The Morgan fingerprint density at radius 1 is 1.17 bits per heavy atom. The molecule has 1 heterocycles. The molecule has 0 aliphatic carbocycles. The lowest BCUT2D eigenvalue weighted by molar-refractivity contribution is -0.385. The van der Waals surface area contributed by atoms with Gasteiger partial charge in [0.25, 0.3) is 5.69 Å². The number of amides is 1. The highest BCUT2D eigenvalue weighted by Gasteiger charge is 2.36. The van der Waals surface area contributed by atoms with E-state index in [1.807, 2.05) is 0 Å². The fraction of sp³-hybridized carbons (Fsp3) is 0.211. The first-order chi connectivity index (χ1) is 14.2. The van der Waals surface area contributed by atoms with Gasteiger partial charge >= 0.3 is 6.09 Å². The second kappa shape index (κ2) is 8.59. The number of hydrogen-bond donors (Lipinski definition) is 1. The molecule has 1 aliphatic rings. The Kier molecular flexibility index (Phi) is 6.13. The Morgan fingerprint density at radius 3 is 2.50 bits per heavy atom. The second-order valence-electron chi connectivity index (χ2n) is 6.51. The number of nitrogens with zero attached hydrogens (tertiary/aromatic N) is 3. The van der Waals surface area contributed by atoms with Gasteiger partial charge in [0.05, 0.1) is 21.4 Å². The summed E-state index contributed by atoms with van der Waals surface area (Å²) in [6, 6.07) is 10.0. The Balaban J connectivity index is 2.00. The molecule has 1 saturated heterocycles. The summed E-state index contributed by atoms with van der Waals surface area (Å²) in [6.45, 7) is -0.344. The van der Waals surface area contributed by atoms with Crippen LogP contribution >= 0.6 is 0 Å². The van der Waals surface area contributed by atoms with Gasteiger partial charge in [-0.05, 0) is 24.3 Å². The molecule has 1 N–H and O–H groups in total. The normalized spacial score (nSPS) is 17.9. The SMILES string of the molecule is O=C(O)N1CCN(S(=O)(=O)c2ccccc2)C(C=Cc2c(F)cccc2[N+](=O)[O-])C1. The van der Waals surface area contributed by atoms with Gasteiger partial charge in [-0.3, -0.25) is 10.1 Å². The molecule has 158 valence electrons. The van der Waals surface area contributed by atoms with Crippen molar-refractivity contribution in [1.82, 2.24) is 9.21 Å². The van der Waals surface area contributed by atoms with Gasteiger partial charge in [0.1, 0.15) is 5.82 Å². The molecule has 9 nitrogen and oxygen atoms in total. The molecule has 11 heteroatoms. The molecule has 1 unspecified atom stereocenters. The molecule has 2 aromatic rings. The fourth-order valence-electron chi connectivity index (χ4n) is 3.21. The number of rotatable bonds is 5. The van der Waals surface area contributed by atoms with E-state index in [9.17, 15) is 32.8 Å². The Labute approximate surface area is 171 Å². The van der Waals surface area contributed by atoms with E-state index < -0.39 is 38.6 Å². The number of piperazine rings is 1. The number of hydrogen-bond acceptors (Lipinski definition) is 5. The first-order valence-corrected chi connectivity index (χ1v) is 10.3. The minimum Gasteiger partial charge on any atom is -0.465 e. The summed E-state index contributed by atoms with van der Waals surface area (Å²) < 4.78 is 41.4. The first kappa shape index (κ1) is 21.4. The van der Waals surface area contributed by atoms with Crippen LogP contribution < -0.4 is 0 Å². The highest BCUT2D eigenvalue weighted by Crippen LogP contribution is 2.26. The third-order valence-electron chi connectivity index (χ3n) is 4.70. The molecule has 0 bridgehead atoms. The van der Waals surface area contributed by atoms with Crippen molar-refractivity contribution >= 4 is 27.9 Å². The number of nitro groups is 1. The molecule has 0 aromatic heterocycles. The predicted molar refractivity (Wildman–Crippen MR) is 106 cm³/mol. The van der Waals surface area contributed by atoms with Gasteiger partial charge in [-0.1, -0.05) is 30.3 Å². The van der Waals surface area contributed by atoms with Crippen molar-refractivity contribution in [3.63, 3.8) is 0 Å². The zero-order valence-corrected chi connectivity index (χ0v) is 16.4. The molecule has 2 aromatic carbocycles. The lowest BCUT2D eigenvalue weighted by Gasteiger charge is -2.38. The van der Waals surface area contributed by atoms with Crippen molar-refractivity contribution in [2.24, 2.45) is 0 Å². The van der Waals surface area contributed by atoms with Crippen LogP contribution in [0, 0.1) is 15.9 Å². The Hall–Kier alpha value is -3.31. The monoisotopic (exact) mass is 435 g/mol. The zero-order valence-electron chi connectivity index (χ0n) is 15.6. The minimum atomic E-state index is -3.97. The first-order valence-electron chi connectivity index (χ1n) is 8.87. The van der Waals surface area contributed by atoms with Crippen molar-refractivity contribution in [1.29, 1.82) is 0 Å². The summed E-state index contributed by atoms with van der Waals surface area (Å²) in [5, 5.41) is 20.5. The van der Waals surface area contributed by atoms with Gasteiger partial charge < -0.3 is 10.0 Å². The van der Waals surface area contributed by atoms with Gasteiger partial charge in [0.15, 0.2) is 0 Å². The lowest BCUT2D eigenvalue weighted by atomic mass is 10.1. The maximum Gasteiger partial charge on any atom is 0.407 e. The highest BCUT2D eigenvalue weighted by molar-refractivity contribution is 7.89. The number of carboxylic acid groups (broad SMARTS) is 1. The smallest absolute Gasteiger partial charge is 0.407 e. The summed E-state index contributed by atoms with van der Waals surface area (Å²) in [4.78, 5) is 22.9. The molecular formula is C19H18FN3O6S. The van der Waals surface area contributed by atoms with E-state index in [1.165, 1.54) is 24.3 Å². The molecule has 1 aliphatic heterocycles. The lowest BCUT2D eigenvalue weighted by Crippen LogP contribution is -2.55. The van der Waals surface area contributed by atoms with Crippen molar-refractivity contribution in [3.05, 3.63) is 76.1 Å². The summed E-state index contributed by atoms with van der Waals surface area (Å²) in [6.07, 6.45) is 1.18. The Morgan fingerprint density at radius 2 is 1.87 bits per heavy atom. The van der Waals surface area contributed by atoms with Crippen LogP contribution in [0.4, 0.5) is 14.9 Å². The fourth-order valence-corrected chi connectivity index (χ4v) is 4.79. The molecule has 1 fully saturated rings. The van der Waals surface area contributed by atoms with Crippen molar-refractivity contribution < 1.29 is 27.6 Å². The quantitative estimate of drug-likeness (QED) is 0.569. The van der Waals surface area contributed by atoms with Crippen molar-refractivity contribution in [2.75, 3.05) is 19.6 Å². The van der Waals surface area contributed by atoms with Crippen LogP contribution in [-0.4, -0.2) is 59.4 Å². The predicted octanol–water partition coefficient (Wildman–Crippen LogP) is 2.80. The molecule has 1 amide bonds. The van der Waals surface area contributed by atoms with E-state index in [0.717, 1.165) is 27.4 Å². The molecule has 0 saturated carbocycles. The molecule has 30 heavy (non-hydrogen) atoms. The minimum absolute atomic E-state index is 0.0315. The van der Waals surface area contributed by atoms with Crippen LogP contribution in [0.25, 0.3) is 6.08 Å². The molecule has 0 spiro atoms. The Bertz CT molecular complexity index is 1090. The average molecular weight is 435 g/mol. The van der Waals surface area contributed by atoms with Crippen LogP contribution in [0.2, 0.25) is 0 Å². The average Bonchev–Trinajstić information content (AvgIpc) is 2.73. The summed E-state index contributed by atoms with van der Waals surface area (Å²) >= 11 is 0. The van der Waals surface area contributed by atoms with E-state index in [0.29, 0.717) is 0 Å². The largest absolute Gasteiger partial charge is 0.465 e. The molecule has 0 radical (unpaired) electrons. The number of nitro benzene ring substituents is 1. The van der Waals surface area contributed by atoms with E-state index in [2.05, 4.69) is 0 Å². The second-order valence-corrected chi connectivity index (χ2v) is 8.40. The van der Waals surface area contributed by atoms with Crippen molar-refractivity contribution in [3.8, 4) is 0 Å². The van der Waals surface area contributed by atoms with Crippen molar-refractivity contribution in [2.45, 2.75) is 10.9 Å². The van der Waals surface area contributed by atoms with Crippen LogP contribution in [0.15, 0.2) is 59.5 Å². The third-order valence-corrected chi connectivity index (χ3v) is 6.64. The summed E-state index contributed by atoms with van der Waals surface area (Å²) in [5.74, 6) is -0.844. The van der Waals surface area contributed by atoms with Gasteiger partial charge in [0.2, 0.25) is 10.0 Å². The van der Waals surface area contributed by atoms with E-state index in [1.54, 1.807) is 18.2 Å². The maximum atomic E-state index is 14.2. The summed E-state index contributed by atoms with van der Waals surface area (Å²) in [5.41, 5.74) is -0.790. The highest BCUT2D eigenvalue weighted by atomic mass is 32.2. The third kappa shape index (κ3) is 4.31. The number of sulfonamides is 1. The van der Waals surface area contributed by atoms with Crippen LogP contribution in [0.3, 0.4) is 0 Å². The standard InChI is InChI=1S/C19H18FN3O6S/c20-17-7-4-8-18(23(26)27)16(17)10-9-14-13-21(19(24)25)11-12-22(14)30(28,29)15-5-2-1-3-6-15/h1-10,14H,11-13H2,(H,24,25). The summed E-state index contributed by atoms with van der Waals surface area (Å²) in [7, 11) is -3.97. The molecule has 3 rings (SSSR count). The van der Waals surface area contributed by atoms with Crippen LogP contribution in [0.1, 0.15) is 5.56 Å². The van der Waals surface area contributed by atoms with E-state index in [4.69, 9.17) is 0 Å². The number of carbonyl (C=O) groups is 1. The topological polar surface area (TPSA) is 121 Å². The molecule has 1 atom stereocenters. The maximum absolute atomic E-state index is 14.2. The van der Waals surface area contributed by atoms with Gasteiger partial charge in [-0.2, -0.15) is 4.31 Å². The zero-order chi connectivity index (χ0) is 21.9. The van der Waals surface area contributed by atoms with E-state index in [-0.39, 0.29) is 30.1 Å². The van der Waals surface area contributed by atoms with E-state index >= 15 is 0 Å². The molecular weight excluding hydrogens is 417 g/mol. The van der Waals surface area contributed by atoms with Gasteiger partial charge in [-0.15, -0.1) is 0 Å². The van der Waals surface area contributed by atoms with Crippen LogP contribution in [-0.2, 0) is 10.0 Å². The van der Waals surface area contributed by atoms with Gasteiger partial charge in [0, 0.05) is 25.7 Å². The van der Waals surface area contributed by atoms with Crippen LogP contribution in [0.5, 0.6) is 0 Å². The van der Waals surface area contributed by atoms with Gasteiger partial charge in [-0.25, -0.2) is 17.6 Å². The number of benzene rings is 2.